The second kappa shape index (κ2) is 11.2. The number of piperazine rings is 1. The summed E-state index contributed by atoms with van der Waals surface area (Å²) in [5, 5.41) is 14.7. The van der Waals surface area contributed by atoms with Gasteiger partial charge in [0.15, 0.2) is 0 Å². The van der Waals surface area contributed by atoms with E-state index >= 15 is 0 Å². The van der Waals surface area contributed by atoms with Gasteiger partial charge in [-0.3, -0.25) is 14.5 Å². The molecular weight excluding hydrogens is 466 g/mol. The zero-order chi connectivity index (χ0) is 25.9. The van der Waals surface area contributed by atoms with E-state index in [0.29, 0.717) is 38.3 Å². The van der Waals surface area contributed by atoms with Crippen LogP contribution in [0.15, 0.2) is 42.5 Å². The maximum atomic E-state index is 13.3. The molecule has 0 bridgehead atoms. The largest absolute Gasteiger partial charge is 0.390 e. The fourth-order valence-electron chi connectivity index (χ4n) is 5.86. The van der Waals surface area contributed by atoms with E-state index in [1.807, 2.05) is 17.0 Å². The van der Waals surface area contributed by atoms with Gasteiger partial charge in [0, 0.05) is 89.7 Å². The van der Waals surface area contributed by atoms with Crippen molar-refractivity contribution >= 4 is 17.5 Å². The molecule has 0 spiro atoms. The molecule has 8 nitrogen and oxygen atoms in total. The van der Waals surface area contributed by atoms with Crippen LogP contribution in [0.5, 0.6) is 0 Å². The van der Waals surface area contributed by atoms with Gasteiger partial charge in [0.2, 0.25) is 5.91 Å². The van der Waals surface area contributed by atoms with E-state index in [-0.39, 0.29) is 17.9 Å². The molecule has 2 unspecified atom stereocenters. The maximum absolute atomic E-state index is 13.3. The summed E-state index contributed by atoms with van der Waals surface area (Å²) in [5.41, 5.74) is 5.64. The van der Waals surface area contributed by atoms with Crippen LogP contribution in [0.2, 0.25) is 0 Å². The highest BCUT2D eigenvalue weighted by Gasteiger charge is 2.29. The van der Waals surface area contributed by atoms with E-state index in [2.05, 4.69) is 52.4 Å². The fraction of sp³-hybridized carbons (Fsp3) is 0.517. The van der Waals surface area contributed by atoms with Crippen molar-refractivity contribution in [3.8, 4) is 0 Å². The Kier molecular flexibility index (Phi) is 7.79. The first kappa shape index (κ1) is 25.7. The number of β-amino-alcohol motifs (C(OH)–C–C–N with tert-alkyl or cyclic N) is 1. The van der Waals surface area contributed by atoms with E-state index < -0.39 is 6.10 Å². The van der Waals surface area contributed by atoms with Gasteiger partial charge >= 0.3 is 0 Å². The topological polar surface area (TPSA) is 79.4 Å². The van der Waals surface area contributed by atoms with Crippen molar-refractivity contribution in [3.63, 3.8) is 0 Å². The van der Waals surface area contributed by atoms with Crippen LogP contribution in [0.1, 0.15) is 40.9 Å². The Morgan fingerprint density at radius 2 is 1.70 bits per heavy atom. The second-order valence-corrected chi connectivity index (χ2v) is 10.5. The molecular formula is C29H39N5O3. The summed E-state index contributed by atoms with van der Waals surface area (Å²) in [6.45, 7) is 10.8. The third kappa shape index (κ3) is 5.66. The highest BCUT2D eigenvalue weighted by Crippen LogP contribution is 2.28. The van der Waals surface area contributed by atoms with Gasteiger partial charge in [0.05, 0.1) is 6.10 Å². The lowest BCUT2D eigenvalue weighted by Gasteiger charge is -2.34. The molecule has 37 heavy (non-hydrogen) atoms. The summed E-state index contributed by atoms with van der Waals surface area (Å²) in [6.07, 6.45) is 0.383. The minimum atomic E-state index is -0.459. The van der Waals surface area contributed by atoms with E-state index in [4.69, 9.17) is 0 Å². The predicted molar refractivity (Wildman–Crippen MR) is 145 cm³/mol. The number of aliphatic hydroxyl groups is 1. The van der Waals surface area contributed by atoms with Crippen molar-refractivity contribution in [1.29, 1.82) is 0 Å². The average Bonchev–Trinajstić information content (AvgIpc) is 3.10. The first-order valence-electron chi connectivity index (χ1n) is 13.6. The van der Waals surface area contributed by atoms with Crippen molar-refractivity contribution in [2.45, 2.75) is 45.5 Å². The molecule has 8 heteroatoms. The molecule has 1 fully saturated rings. The van der Waals surface area contributed by atoms with Gasteiger partial charge in [-0.15, -0.1) is 0 Å². The van der Waals surface area contributed by atoms with E-state index in [9.17, 15) is 14.7 Å². The molecule has 0 aromatic heterocycles. The van der Waals surface area contributed by atoms with Gasteiger partial charge in [0.1, 0.15) is 0 Å². The molecule has 2 amide bonds. The quantitative estimate of drug-likeness (QED) is 0.644. The Balaban J connectivity index is 1.25. The number of rotatable bonds is 5. The van der Waals surface area contributed by atoms with Gasteiger partial charge in [-0.25, -0.2) is 0 Å². The smallest absolute Gasteiger partial charge is 0.254 e. The van der Waals surface area contributed by atoms with E-state index in [1.54, 1.807) is 11.8 Å². The zero-order valence-corrected chi connectivity index (χ0v) is 22.0. The summed E-state index contributed by atoms with van der Waals surface area (Å²) in [7, 11) is 0. The molecule has 0 radical (unpaired) electrons. The first-order chi connectivity index (χ1) is 17.9. The number of hydrogen-bond donors (Lipinski definition) is 2. The number of hydrogen-bond acceptors (Lipinski definition) is 6. The molecule has 3 aliphatic heterocycles. The molecule has 198 valence electrons. The Labute approximate surface area is 219 Å². The Hall–Kier alpha value is -2.94. The van der Waals surface area contributed by atoms with Crippen LogP contribution >= 0.6 is 0 Å². The third-order valence-corrected chi connectivity index (χ3v) is 8.17. The highest BCUT2D eigenvalue weighted by atomic mass is 16.3. The van der Waals surface area contributed by atoms with Gasteiger partial charge < -0.3 is 25.1 Å². The molecule has 5 rings (SSSR count). The summed E-state index contributed by atoms with van der Waals surface area (Å²) < 4.78 is 0. The second-order valence-electron chi connectivity index (χ2n) is 10.5. The molecule has 1 saturated heterocycles. The van der Waals surface area contributed by atoms with Gasteiger partial charge in [-0.2, -0.15) is 0 Å². The maximum Gasteiger partial charge on any atom is 0.254 e. The van der Waals surface area contributed by atoms with Crippen LogP contribution in [0.4, 0.5) is 5.69 Å². The lowest BCUT2D eigenvalue weighted by molar-refractivity contribution is -0.130. The number of benzene rings is 2. The minimum Gasteiger partial charge on any atom is -0.390 e. The molecule has 0 aliphatic carbocycles. The predicted octanol–water partition coefficient (Wildman–Crippen LogP) is 1.71. The molecule has 0 saturated carbocycles. The van der Waals surface area contributed by atoms with Crippen molar-refractivity contribution in [2.24, 2.45) is 0 Å². The van der Waals surface area contributed by atoms with Crippen molar-refractivity contribution in [3.05, 3.63) is 64.7 Å². The zero-order valence-electron chi connectivity index (χ0n) is 22.0. The summed E-state index contributed by atoms with van der Waals surface area (Å²) >= 11 is 0. The van der Waals surface area contributed by atoms with Crippen molar-refractivity contribution in [1.82, 2.24) is 20.0 Å². The van der Waals surface area contributed by atoms with E-state index in [1.165, 1.54) is 16.7 Å². The highest BCUT2D eigenvalue weighted by molar-refractivity contribution is 5.95. The summed E-state index contributed by atoms with van der Waals surface area (Å²) in [6, 6.07) is 14.6. The number of nitrogens with zero attached hydrogens (tertiary/aromatic N) is 4. The van der Waals surface area contributed by atoms with Crippen LogP contribution in [0, 0.1) is 0 Å². The van der Waals surface area contributed by atoms with Gasteiger partial charge in [-0.1, -0.05) is 30.3 Å². The molecule has 2 aromatic carbocycles. The first-order valence-corrected chi connectivity index (χ1v) is 13.6. The molecule has 3 heterocycles. The summed E-state index contributed by atoms with van der Waals surface area (Å²) in [5.74, 6) is 0.0942. The average molecular weight is 506 g/mol. The van der Waals surface area contributed by atoms with Gasteiger partial charge in [0.25, 0.3) is 5.91 Å². The monoisotopic (exact) mass is 505 g/mol. The number of anilines is 1. The van der Waals surface area contributed by atoms with Crippen LogP contribution in [0.25, 0.3) is 0 Å². The number of nitrogens with one attached hydrogen (secondary N) is 1. The fourth-order valence-corrected chi connectivity index (χ4v) is 5.86. The van der Waals surface area contributed by atoms with Crippen LogP contribution in [-0.2, 0) is 24.3 Å². The third-order valence-electron chi connectivity index (χ3n) is 8.17. The summed E-state index contributed by atoms with van der Waals surface area (Å²) in [4.78, 5) is 33.2. The standard InChI is InChI=1S/C29H39N5O3/c1-3-32-11-10-31(20-28(36)26-16-22-6-4-5-7-24(22)18-30-26)19-25-9-8-23(17-27(25)32)29(37)34-14-12-33(13-15-34)21(2)35/h4-9,17,26,28,30,36H,3,10-16,18-20H2,1-2H3. The Morgan fingerprint density at radius 1 is 0.973 bits per heavy atom. The molecule has 2 aromatic rings. The van der Waals surface area contributed by atoms with Crippen LogP contribution in [0.3, 0.4) is 0 Å². The number of carbonyl (C=O) groups is 2. The SMILES string of the molecule is CCN1CCN(CC(O)C2Cc3ccccc3CN2)Cc2ccc(C(=O)N3CCN(C(C)=O)CC3)cc21. The number of likely N-dealkylation sites (N-methyl/N-ethyl adjacent to an activating group) is 1. The molecule has 2 N–H and O–H groups in total. The number of carbonyl (C=O) groups excluding carboxylic acids is 2. The van der Waals surface area contributed by atoms with Crippen molar-refractivity contribution in [2.75, 3.05) is 57.3 Å². The Bertz CT molecular complexity index is 1130. The van der Waals surface area contributed by atoms with Crippen LogP contribution < -0.4 is 10.2 Å². The lowest BCUT2D eigenvalue weighted by Crippen LogP contribution is -2.50. The van der Waals surface area contributed by atoms with Crippen molar-refractivity contribution < 1.29 is 14.7 Å². The lowest BCUT2D eigenvalue weighted by atomic mass is 9.93. The number of aliphatic hydroxyl groups excluding tert-OH is 1. The Morgan fingerprint density at radius 3 is 2.43 bits per heavy atom. The van der Waals surface area contributed by atoms with Gasteiger partial charge in [-0.05, 0) is 42.2 Å². The van der Waals surface area contributed by atoms with Crippen LogP contribution in [-0.4, -0.2) is 96.1 Å². The minimum absolute atomic E-state index is 0.0298. The normalized spacial score (nSPS) is 21.2. The number of fused-ring (bicyclic) bond motifs is 2. The molecule has 3 aliphatic rings. The van der Waals surface area contributed by atoms with E-state index in [0.717, 1.165) is 44.8 Å². The molecule has 2 atom stereocenters. The number of amides is 2.